The Morgan fingerprint density at radius 1 is 1.17 bits per heavy atom. The number of nitrogens with one attached hydrogen (secondary N) is 1. The number of halogens is 2. The minimum Gasteiger partial charge on any atom is -0.484 e. The molecule has 2 aliphatic rings. The highest BCUT2D eigenvalue weighted by molar-refractivity contribution is 7.90. The molecular weight excluding hydrogens is 431 g/mol. The van der Waals surface area contributed by atoms with Gasteiger partial charge in [-0.3, -0.25) is 4.90 Å². The van der Waals surface area contributed by atoms with Crippen LogP contribution in [0.4, 0.5) is 0 Å². The number of nitrogens with zero attached hydrogens (tertiary/aromatic N) is 1. The predicted molar refractivity (Wildman–Crippen MR) is 116 cm³/mol. The van der Waals surface area contributed by atoms with Crippen molar-refractivity contribution in [3.05, 3.63) is 57.6 Å². The molecule has 2 aromatic carbocycles. The van der Waals surface area contributed by atoms with Crippen LogP contribution >= 0.6 is 23.2 Å². The molecule has 29 heavy (non-hydrogen) atoms. The summed E-state index contributed by atoms with van der Waals surface area (Å²) in [6.07, 6.45) is 1.77. The Hall–Kier alpha value is -1.31. The average molecular weight is 455 g/mol. The third-order valence-electron chi connectivity index (χ3n) is 5.65. The van der Waals surface area contributed by atoms with E-state index in [9.17, 15) is 8.42 Å². The molecule has 0 unspecified atom stereocenters. The number of hydrogen-bond acceptors (Lipinski definition) is 5. The second-order valence-electron chi connectivity index (χ2n) is 7.86. The van der Waals surface area contributed by atoms with Gasteiger partial charge in [-0.15, -0.1) is 0 Å². The maximum atomic E-state index is 11.7. The Morgan fingerprint density at radius 3 is 2.55 bits per heavy atom. The van der Waals surface area contributed by atoms with Crippen LogP contribution in [-0.4, -0.2) is 51.3 Å². The van der Waals surface area contributed by atoms with Gasteiger partial charge in [-0.25, -0.2) is 8.42 Å². The summed E-state index contributed by atoms with van der Waals surface area (Å²) < 4.78 is 29.9. The van der Waals surface area contributed by atoms with Crippen LogP contribution in [0.25, 0.3) is 0 Å². The monoisotopic (exact) mass is 454 g/mol. The van der Waals surface area contributed by atoms with E-state index in [4.69, 9.17) is 27.9 Å². The summed E-state index contributed by atoms with van der Waals surface area (Å²) in [5.74, 6) is 0.625. The standard InChI is InChI=1S/C21H24Cl2N2O3S/c1-13-12-25(8-7-24-13)20-11-17-18(9-14(22)10-19(17)23)21(20)28-15-3-5-16(6-4-15)29(2,26)27/h3-6,9-10,13,20-21,24H,7-8,11-12H2,1-2H3/t13-,20-,21+/m0/s1. The zero-order valence-electron chi connectivity index (χ0n) is 16.4. The molecule has 1 fully saturated rings. The molecule has 0 spiro atoms. The van der Waals surface area contributed by atoms with E-state index in [1.165, 1.54) is 6.26 Å². The van der Waals surface area contributed by atoms with Gasteiger partial charge >= 0.3 is 0 Å². The van der Waals surface area contributed by atoms with Crippen molar-refractivity contribution in [2.24, 2.45) is 0 Å². The molecule has 1 aliphatic carbocycles. The van der Waals surface area contributed by atoms with Crippen LogP contribution < -0.4 is 10.1 Å². The van der Waals surface area contributed by atoms with Crippen LogP contribution in [0.15, 0.2) is 41.3 Å². The molecule has 2 aromatic rings. The van der Waals surface area contributed by atoms with Crippen molar-refractivity contribution in [2.45, 2.75) is 36.4 Å². The fraction of sp³-hybridized carbons (Fsp3) is 0.429. The van der Waals surface area contributed by atoms with E-state index in [1.54, 1.807) is 30.3 Å². The number of rotatable bonds is 4. The van der Waals surface area contributed by atoms with Crippen molar-refractivity contribution in [1.82, 2.24) is 10.2 Å². The molecule has 5 nitrogen and oxygen atoms in total. The maximum absolute atomic E-state index is 11.7. The van der Waals surface area contributed by atoms with Gasteiger partial charge in [0.2, 0.25) is 0 Å². The predicted octanol–water partition coefficient (Wildman–Crippen LogP) is 3.74. The third kappa shape index (κ3) is 4.42. The quantitative estimate of drug-likeness (QED) is 0.762. The van der Waals surface area contributed by atoms with Gasteiger partial charge in [0, 0.05) is 47.5 Å². The first-order valence-corrected chi connectivity index (χ1v) is 12.3. The number of hydrogen-bond donors (Lipinski definition) is 1. The van der Waals surface area contributed by atoms with Gasteiger partial charge in [-0.2, -0.15) is 0 Å². The van der Waals surface area contributed by atoms with Crippen LogP contribution in [0, 0.1) is 0 Å². The topological polar surface area (TPSA) is 58.6 Å². The van der Waals surface area contributed by atoms with Crippen molar-refractivity contribution in [1.29, 1.82) is 0 Å². The van der Waals surface area contributed by atoms with E-state index in [1.807, 2.05) is 6.07 Å². The number of sulfone groups is 1. The Balaban J connectivity index is 1.67. The van der Waals surface area contributed by atoms with Gasteiger partial charge in [-0.05, 0) is 55.3 Å². The Bertz CT molecular complexity index is 1010. The van der Waals surface area contributed by atoms with Crippen LogP contribution in [-0.2, 0) is 16.3 Å². The van der Waals surface area contributed by atoms with Crippen LogP contribution in [0.2, 0.25) is 10.0 Å². The molecule has 3 atom stereocenters. The maximum Gasteiger partial charge on any atom is 0.175 e. The van der Waals surface area contributed by atoms with Crippen LogP contribution in [0.1, 0.15) is 24.2 Å². The zero-order valence-corrected chi connectivity index (χ0v) is 18.7. The van der Waals surface area contributed by atoms with E-state index < -0.39 is 9.84 Å². The summed E-state index contributed by atoms with van der Waals surface area (Å²) in [5, 5.41) is 4.73. The van der Waals surface area contributed by atoms with E-state index in [0.29, 0.717) is 21.8 Å². The first-order chi connectivity index (χ1) is 13.7. The Kier molecular flexibility index (Phi) is 5.84. The highest BCUT2D eigenvalue weighted by atomic mass is 35.5. The number of benzene rings is 2. The van der Waals surface area contributed by atoms with Crippen LogP contribution in [0.5, 0.6) is 5.75 Å². The molecule has 8 heteroatoms. The molecule has 1 heterocycles. The summed E-state index contributed by atoms with van der Waals surface area (Å²) in [6.45, 7) is 4.97. The van der Waals surface area contributed by atoms with Gasteiger partial charge in [0.05, 0.1) is 10.9 Å². The Labute approximate surface area is 181 Å². The second kappa shape index (κ2) is 8.08. The molecule has 4 rings (SSSR count). The number of piperazine rings is 1. The van der Waals surface area contributed by atoms with E-state index in [-0.39, 0.29) is 17.0 Å². The SMILES string of the molecule is C[C@H]1CN([C@H]2Cc3c(Cl)cc(Cl)cc3[C@H]2Oc2ccc(S(C)(=O)=O)cc2)CCN1. The van der Waals surface area contributed by atoms with E-state index in [0.717, 1.165) is 37.2 Å². The van der Waals surface area contributed by atoms with Crippen molar-refractivity contribution in [2.75, 3.05) is 25.9 Å². The van der Waals surface area contributed by atoms with Crippen molar-refractivity contribution in [3.8, 4) is 5.75 Å². The molecule has 0 bridgehead atoms. The minimum atomic E-state index is -3.25. The van der Waals surface area contributed by atoms with Gasteiger partial charge in [-0.1, -0.05) is 23.2 Å². The molecule has 1 aliphatic heterocycles. The summed E-state index contributed by atoms with van der Waals surface area (Å²) in [7, 11) is -3.25. The van der Waals surface area contributed by atoms with E-state index >= 15 is 0 Å². The summed E-state index contributed by atoms with van der Waals surface area (Å²) in [5.41, 5.74) is 2.08. The van der Waals surface area contributed by atoms with Gasteiger partial charge in [0.15, 0.2) is 9.84 Å². The third-order valence-corrected chi connectivity index (χ3v) is 7.33. The smallest absolute Gasteiger partial charge is 0.175 e. The lowest BCUT2D eigenvalue weighted by Gasteiger charge is -2.38. The lowest BCUT2D eigenvalue weighted by atomic mass is 10.1. The van der Waals surface area contributed by atoms with Crippen molar-refractivity contribution >= 4 is 33.0 Å². The molecule has 1 saturated heterocycles. The normalized spacial score (nSPS) is 25.0. The van der Waals surface area contributed by atoms with Gasteiger partial charge < -0.3 is 10.1 Å². The summed E-state index contributed by atoms with van der Waals surface area (Å²) in [6, 6.07) is 10.8. The first kappa shape index (κ1) is 20.9. The van der Waals surface area contributed by atoms with Crippen molar-refractivity contribution < 1.29 is 13.2 Å². The largest absolute Gasteiger partial charge is 0.484 e. The fourth-order valence-corrected chi connectivity index (χ4v) is 5.47. The molecule has 156 valence electrons. The lowest BCUT2D eigenvalue weighted by Crippen LogP contribution is -2.54. The second-order valence-corrected chi connectivity index (χ2v) is 10.7. The molecule has 0 saturated carbocycles. The zero-order chi connectivity index (χ0) is 20.8. The summed E-state index contributed by atoms with van der Waals surface area (Å²) in [4.78, 5) is 2.72. The highest BCUT2D eigenvalue weighted by Gasteiger charge is 2.40. The Morgan fingerprint density at radius 2 is 1.90 bits per heavy atom. The number of ether oxygens (including phenoxy) is 1. The lowest BCUT2D eigenvalue weighted by molar-refractivity contribution is 0.0595. The number of fused-ring (bicyclic) bond motifs is 1. The molecule has 0 amide bonds. The average Bonchev–Trinajstić information content (AvgIpc) is 3.00. The van der Waals surface area contributed by atoms with Gasteiger partial charge in [0.25, 0.3) is 0 Å². The fourth-order valence-electron chi connectivity index (χ4n) is 4.25. The molecule has 0 radical (unpaired) electrons. The van der Waals surface area contributed by atoms with Gasteiger partial charge in [0.1, 0.15) is 11.9 Å². The summed E-state index contributed by atoms with van der Waals surface area (Å²) >= 11 is 12.8. The molecule has 1 N–H and O–H groups in total. The first-order valence-electron chi connectivity index (χ1n) is 9.64. The van der Waals surface area contributed by atoms with Crippen LogP contribution in [0.3, 0.4) is 0 Å². The highest BCUT2D eigenvalue weighted by Crippen LogP contribution is 2.42. The van der Waals surface area contributed by atoms with E-state index in [2.05, 4.69) is 17.1 Å². The molecular formula is C21H24Cl2N2O3S. The minimum absolute atomic E-state index is 0.139. The molecule has 0 aromatic heterocycles. The van der Waals surface area contributed by atoms with Crippen molar-refractivity contribution in [3.63, 3.8) is 0 Å².